The third-order valence-electron chi connectivity index (χ3n) is 3.70. The van der Waals surface area contributed by atoms with Gasteiger partial charge in [-0.3, -0.25) is 4.79 Å². The number of amides is 1. The van der Waals surface area contributed by atoms with Gasteiger partial charge < -0.3 is 10.6 Å². The van der Waals surface area contributed by atoms with Crippen LogP contribution in [0.15, 0.2) is 36.4 Å². The zero-order valence-corrected chi connectivity index (χ0v) is 12.2. The monoisotopic (exact) mass is 304 g/mol. The van der Waals surface area contributed by atoms with Gasteiger partial charge in [-0.1, -0.05) is 11.6 Å². The molecule has 0 bridgehead atoms. The molecule has 1 aliphatic rings. The van der Waals surface area contributed by atoms with E-state index >= 15 is 0 Å². The maximum Gasteiger partial charge on any atom is 0.258 e. The highest BCUT2D eigenvalue weighted by Crippen LogP contribution is 2.34. The van der Waals surface area contributed by atoms with E-state index in [-0.39, 0.29) is 17.0 Å². The van der Waals surface area contributed by atoms with Crippen LogP contribution in [0.4, 0.5) is 15.8 Å². The molecule has 21 heavy (non-hydrogen) atoms. The van der Waals surface area contributed by atoms with Crippen LogP contribution >= 0.6 is 11.6 Å². The number of nitrogen functional groups attached to an aromatic ring is 1. The number of fused-ring (bicyclic) bond motifs is 1. The maximum absolute atomic E-state index is 13.2. The van der Waals surface area contributed by atoms with E-state index in [1.54, 1.807) is 11.0 Å². The van der Waals surface area contributed by atoms with Gasteiger partial charge >= 0.3 is 0 Å². The van der Waals surface area contributed by atoms with Gasteiger partial charge in [-0.2, -0.15) is 0 Å². The van der Waals surface area contributed by atoms with Crippen LogP contribution in [0, 0.1) is 5.82 Å². The summed E-state index contributed by atoms with van der Waals surface area (Å²) in [6.07, 6.45) is 0.751. The maximum atomic E-state index is 13.2. The zero-order valence-electron chi connectivity index (χ0n) is 11.4. The van der Waals surface area contributed by atoms with Crippen molar-refractivity contribution in [3.8, 4) is 0 Å². The van der Waals surface area contributed by atoms with Gasteiger partial charge in [-0.05, 0) is 55.3 Å². The van der Waals surface area contributed by atoms with Gasteiger partial charge in [-0.15, -0.1) is 0 Å². The Labute approximate surface area is 127 Å². The number of nitrogens with zero attached hydrogens (tertiary/aromatic N) is 1. The van der Waals surface area contributed by atoms with Crippen LogP contribution in [0.2, 0.25) is 5.02 Å². The smallest absolute Gasteiger partial charge is 0.258 e. The molecule has 1 unspecified atom stereocenters. The summed E-state index contributed by atoms with van der Waals surface area (Å²) >= 11 is 5.76. The Morgan fingerprint density at radius 1 is 1.33 bits per heavy atom. The standard InChI is InChI=1S/C16H14ClFN2O/c1-9-6-11-7-12(19)3-5-15(11)20(9)16(21)10-2-4-14(18)13(17)8-10/h2-5,7-9H,6,19H2,1H3. The summed E-state index contributed by atoms with van der Waals surface area (Å²) < 4.78 is 13.2. The molecule has 3 rings (SSSR count). The molecule has 1 heterocycles. The highest BCUT2D eigenvalue weighted by Gasteiger charge is 2.31. The number of hydrogen-bond acceptors (Lipinski definition) is 2. The van der Waals surface area contributed by atoms with E-state index in [1.165, 1.54) is 18.2 Å². The topological polar surface area (TPSA) is 46.3 Å². The Morgan fingerprint density at radius 2 is 2.10 bits per heavy atom. The number of benzene rings is 2. The van der Waals surface area contributed by atoms with Crippen molar-refractivity contribution in [1.82, 2.24) is 0 Å². The van der Waals surface area contributed by atoms with E-state index in [1.807, 2.05) is 19.1 Å². The first kappa shape index (κ1) is 13.9. The van der Waals surface area contributed by atoms with E-state index < -0.39 is 5.82 Å². The second-order valence-electron chi connectivity index (χ2n) is 5.25. The van der Waals surface area contributed by atoms with Gasteiger partial charge in [0.25, 0.3) is 5.91 Å². The molecule has 0 aromatic heterocycles. The summed E-state index contributed by atoms with van der Waals surface area (Å²) in [6.45, 7) is 1.97. The zero-order chi connectivity index (χ0) is 15.1. The molecule has 0 radical (unpaired) electrons. The van der Waals surface area contributed by atoms with Crippen molar-refractivity contribution in [3.05, 3.63) is 58.4 Å². The normalized spacial score (nSPS) is 16.9. The van der Waals surface area contributed by atoms with Crippen LogP contribution in [0.25, 0.3) is 0 Å². The SMILES string of the molecule is CC1Cc2cc(N)ccc2N1C(=O)c1ccc(F)c(Cl)c1. The second-order valence-corrected chi connectivity index (χ2v) is 5.65. The molecule has 0 spiro atoms. The third kappa shape index (κ3) is 2.36. The molecule has 0 fully saturated rings. The minimum atomic E-state index is -0.532. The molecule has 2 aromatic rings. The lowest BCUT2D eigenvalue weighted by molar-refractivity contribution is 0.0981. The molecule has 2 N–H and O–H groups in total. The lowest BCUT2D eigenvalue weighted by Gasteiger charge is -2.23. The van der Waals surface area contributed by atoms with Crippen LogP contribution in [0.1, 0.15) is 22.8 Å². The molecule has 1 aliphatic heterocycles. The fraction of sp³-hybridized carbons (Fsp3) is 0.188. The fourth-order valence-electron chi connectivity index (χ4n) is 2.73. The highest BCUT2D eigenvalue weighted by atomic mass is 35.5. The summed E-state index contributed by atoms with van der Waals surface area (Å²) in [5.74, 6) is -0.719. The summed E-state index contributed by atoms with van der Waals surface area (Å²) in [4.78, 5) is 14.4. The average molecular weight is 305 g/mol. The molecule has 0 aliphatic carbocycles. The first-order valence-corrected chi connectivity index (χ1v) is 7.02. The van der Waals surface area contributed by atoms with Gasteiger partial charge in [0.15, 0.2) is 0 Å². The third-order valence-corrected chi connectivity index (χ3v) is 3.99. The summed E-state index contributed by atoms with van der Waals surface area (Å²) in [5, 5.41) is -0.0507. The Balaban J connectivity index is 2.00. The molecule has 0 saturated heterocycles. The van der Waals surface area contributed by atoms with Crippen molar-refractivity contribution in [3.63, 3.8) is 0 Å². The lowest BCUT2D eigenvalue weighted by atomic mass is 10.1. The Morgan fingerprint density at radius 3 is 2.81 bits per heavy atom. The summed E-state index contributed by atoms with van der Waals surface area (Å²) in [5.41, 5.74) is 8.73. The van der Waals surface area contributed by atoms with Crippen molar-refractivity contribution in [2.24, 2.45) is 0 Å². The molecular formula is C16H14ClFN2O. The van der Waals surface area contributed by atoms with Crippen molar-refractivity contribution in [2.75, 3.05) is 10.6 Å². The predicted molar refractivity (Wildman–Crippen MR) is 82.2 cm³/mol. The van der Waals surface area contributed by atoms with Gasteiger partial charge in [0.2, 0.25) is 0 Å². The molecule has 1 atom stereocenters. The van der Waals surface area contributed by atoms with E-state index in [0.29, 0.717) is 11.3 Å². The van der Waals surface area contributed by atoms with Crippen LogP contribution in [-0.2, 0) is 6.42 Å². The van der Waals surface area contributed by atoms with Gasteiger partial charge in [0, 0.05) is 23.0 Å². The van der Waals surface area contributed by atoms with E-state index in [0.717, 1.165) is 17.7 Å². The van der Waals surface area contributed by atoms with Crippen molar-refractivity contribution in [1.29, 1.82) is 0 Å². The highest BCUT2D eigenvalue weighted by molar-refractivity contribution is 6.31. The second kappa shape index (κ2) is 5.04. The van der Waals surface area contributed by atoms with E-state index in [4.69, 9.17) is 17.3 Å². The number of carbonyl (C=O) groups excluding carboxylic acids is 1. The fourth-order valence-corrected chi connectivity index (χ4v) is 2.91. The van der Waals surface area contributed by atoms with Crippen LogP contribution in [0.3, 0.4) is 0 Å². The quantitative estimate of drug-likeness (QED) is 0.817. The number of nitrogens with two attached hydrogens (primary N) is 1. The molecule has 2 aromatic carbocycles. The average Bonchev–Trinajstić information content (AvgIpc) is 2.76. The molecule has 3 nitrogen and oxygen atoms in total. The molecule has 0 saturated carbocycles. The minimum absolute atomic E-state index is 0.0260. The van der Waals surface area contributed by atoms with Crippen LogP contribution < -0.4 is 10.6 Å². The van der Waals surface area contributed by atoms with Crippen molar-refractivity contribution in [2.45, 2.75) is 19.4 Å². The number of rotatable bonds is 1. The van der Waals surface area contributed by atoms with Crippen LogP contribution in [-0.4, -0.2) is 11.9 Å². The van der Waals surface area contributed by atoms with E-state index in [2.05, 4.69) is 0 Å². The first-order valence-electron chi connectivity index (χ1n) is 6.64. The van der Waals surface area contributed by atoms with Gasteiger partial charge in [-0.25, -0.2) is 4.39 Å². The predicted octanol–water partition coefficient (Wildman–Crippen LogP) is 3.65. The Hall–Kier alpha value is -2.07. The van der Waals surface area contributed by atoms with Crippen molar-refractivity contribution < 1.29 is 9.18 Å². The van der Waals surface area contributed by atoms with Crippen molar-refractivity contribution >= 4 is 28.9 Å². The number of halogens is 2. The lowest BCUT2D eigenvalue weighted by Crippen LogP contribution is -2.35. The Bertz CT molecular complexity index is 732. The number of carbonyl (C=O) groups is 1. The molecule has 1 amide bonds. The summed E-state index contributed by atoms with van der Waals surface area (Å²) in [7, 11) is 0. The number of hydrogen-bond donors (Lipinski definition) is 1. The first-order chi connectivity index (χ1) is 9.97. The number of anilines is 2. The molecular weight excluding hydrogens is 291 g/mol. The van der Waals surface area contributed by atoms with E-state index in [9.17, 15) is 9.18 Å². The van der Waals surface area contributed by atoms with Gasteiger partial charge in [0.05, 0.1) is 5.02 Å². The minimum Gasteiger partial charge on any atom is -0.399 e. The molecule has 108 valence electrons. The van der Waals surface area contributed by atoms with Crippen LogP contribution in [0.5, 0.6) is 0 Å². The van der Waals surface area contributed by atoms with Gasteiger partial charge in [0.1, 0.15) is 5.82 Å². The largest absolute Gasteiger partial charge is 0.399 e. The molecule has 5 heteroatoms. The summed E-state index contributed by atoms with van der Waals surface area (Å²) in [6, 6.07) is 9.55. The Kier molecular flexibility index (Phi) is 3.33.